The molecule has 0 saturated carbocycles. The molecule has 0 spiro atoms. The highest BCUT2D eigenvalue weighted by atomic mass is 32.2. The number of ketones is 1. The fraction of sp³-hybridized carbons (Fsp3) is 0.533. The number of carboxylic acid groups (broad SMARTS) is 1. The van der Waals surface area contributed by atoms with E-state index in [1.807, 2.05) is 13.8 Å². The molecule has 716 valence electrons. The number of nitrogens with zero attached hydrogens (tertiary/aromatic N) is 6. The van der Waals surface area contributed by atoms with Gasteiger partial charge >= 0.3 is 5.97 Å². The molecule has 15 atom stereocenters. The third kappa shape index (κ3) is 27.6. The molecule has 3 aliphatic rings. The maximum absolute atomic E-state index is 15.8. The number of Topliss-reactive ketones (excluding diaryl/α,β-unsaturated/α-hetero) is 1. The van der Waals surface area contributed by atoms with Gasteiger partial charge in [0.2, 0.25) is 88.6 Å². The molecule has 0 unspecified atom stereocenters. The van der Waals surface area contributed by atoms with Crippen LogP contribution in [0.1, 0.15) is 140 Å². The van der Waals surface area contributed by atoms with Gasteiger partial charge in [0.25, 0.3) is 0 Å². The molecule has 42 heteroatoms. The number of carbonyl (C=O) groups is 17. The van der Waals surface area contributed by atoms with E-state index in [2.05, 4.69) is 67.8 Å². The molecule has 0 aliphatic carbocycles. The van der Waals surface area contributed by atoms with E-state index in [-0.39, 0.29) is 88.7 Å². The molecular formula is C90H124N20O21S. The molecule has 3 fully saturated rings. The van der Waals surface area contributed by atoms with Gasteiger partial charge in [-0.15, -0.1) is 11.8 Å². The largest absolute Gasteiger partial charge is 0.508 e. The first-order chi connectivity index (χ1) is 62.9. The maximum Gasteiger partial charge on any atom is 0.303 e. The molecule has 0 bridgehead atoms. The van der Waals surface area contributed by atoms with Gasteiger partial charge in [0.1, 0.15) is 78.3 Å². The number of para-hydroxylation sites is 2. The number of amides is 15. The maximum atomic E-state index is 15.8. The van der Waals surface area contributed by atoms with Crippen LogP contribution < -0.4 is 59.3 Å². The van der Waals surface area contributed by atoms with Gasteiger partial charge < -0.3 is 119 Å². The van der Waals surface area contributed by atoms with Gasteiger partial charge in [-0.1, -0.05) is 102 Å². The number of benzene rings is 3. The standard InChI is InChI=1S/C90H124N20O21S/c1-9-11-22-69-83(124)103-67(45-111)82(123)104-68(80(121)96-43-74(92)115)46-132-47-75(116)98-65(34-51-25-27-56(112)28-26-51)86(127)106(6)50(5)78(119)99-63(31-32-91)88(129)109-33-17-24-70(109)84(125)101-64(38-55-42-93-48-97-55)81(122)100-62(29-30-76(117)118)89(130)110-44-57(113)39-72(110)73(114)37-52(35-53-40-94-60-20-15-13-18-58(53)60)79(120)105-77(49(3)4)85(126)102-66(36-54-41-95-61-21-16-14-19-59(54)61)87(128)108(8)71(23-12-10-2)90(131)107(69)7/h13-16,18-21,25-28,40-42,48-50,52,57,62-72,77,94-95,111-113H,9-12,17,22-24,29-39,43-47,91H2,1-8H3,(H2,92,115)(H,93,97)(H,96,121)(H,98,116)(H,99,119)(H,100,122)(H,101,125)(H,102,126)(H,103,124)(H,104,123)(H,105,120)(H,117,118)/t50-,52+,57+,62-,63-,64-,65-,66-,67-,68-,69-,70-,71-,72-,77-/m0/s1. The summed E-state index contributed by atoms with van der Waals surface area (Å²) in [6.45, 7) is 5.71. The molecule has 132 heavy (non-hydrogen) atoms. The third-order valence-electron chi connectivity index (χ3n) is 24.2. The highest BCUT2D eigenvalue weighted by Crippen LogP contribution is 2.30. The number of unbranched alkanes of at least 4 members (excludes halogenated alkanes) is 2. The van der Waals surface area contributed by atoms with Gasteiger partial charge in [-0.05, 0) is 105 Å². The zero-order valence-electron chi connectivity index (χ0n) is 75.4. The number of aromatic nitrogens is 4. The van der Waals surface area contributed by atoms with Crippen LogP contribution in [0.25, 0.3) is 21.8 Å². The van der Waals surface area contributed by atoms with Crippen molar-refractivity contribution >= 4 is 134 Å². The Balaban J connectivity index is 1.09. The number of likely N-dealkylation sites (N-methyl/N-ethyl adjacent to an activating group) is 3. The van der Waals surface area contributed by atoms with Crippen LogP contribution in [-0.4, -0.2) is 315 Å². The molecule has 41 nitrogen and oxygen atoms in total. The summed E-state index contributed by atoms with van der Waals surface area (Å²) >= 11 is 0.752. The molecule has 20 N–H and O–H groups in total. The van der Waals surface area contributed by atoms with E-state index < -0.39 is 247 Å². The number of aromatic hydroxyl groups is 1. The molecule has 15 amide bonds. The highest BCUT2D eigenvalue weighted by Gasteiger charge is 2.47. The van der Waals surface area contributed by atoms with Crippen molar-refractivity contribution in [2.45, 2.75) is 228 Å². The van der Waals surface area contributed by atoms with E-state index in [0.717, 1.165) is 26.5 Å². The monoisotopic (exact) mass is 1850 g/mol. The number of primary amides is 1. The number of aliphatic hydroxyl groups is 2. The fourth-order valence-electron chi connectivity index (χ4n) is 16.6. The molecule has 3 saturated heterocycles. The number of rotatable bonds is 24. The van der Waals surface area contributed by atoms with Crippen LogP contribution in [0.5, 0.6) is 5.75 Å². The number of phenolic OH excluding ortho intramolecular Hbond substituents is 1. The van der Waals surface area contributed by atoms with E-state index >= 15 is 33.6 Å². The predicted octanol–water partition coefficient (Wildman–Crippen LogP) is -1.15. The number of thioether (sulfide) groups is 1. The van der Waals surface area contributed by atoms with Crippen molar-refractivity contribution in [1.29, 1.82) is 0 Å². The number of hydrogen-bond acceptors (Lipinski definition) is 23. The van der Waals surface area contributed by atoms with Gasteiger partial charge in [0.15, 0.2) is 5.78 Å². The SMILES string of the molecule is CCCC[C@H]1C(=O)N(C)[C@@H](CCCC)C(=O)N[C@@H](CO)C(=O)N[C@H](C(=O)NCC(N)=O)CSCC(=O)N[C@@H](Cc2ccc(O)cc2)C(=O)N(C)[C@@H](C)C(=O)N[C@@H](CCN)C(=O)N2CCC[C@H]2C(=O)N[C@@H](Cc2c[nH]cn2)C(=O)N[C@@H](CCC(=O)O)C(=O)N2C[C@H](O)C[C@H]2C(=O)C[C@@H](Cc2c[nH]c3ccccc23)C(=O)N[C@@H](C(C)C)C(=O)N[C@@H](Cc2c[nH]c3ccccc23)C(=O)N1C. The average molecular weight is 1850 g/mol. The van der Waals surface area contributed by atoms with Crippen molar-refractivity contribution in [1.82, 2.24) is 92.3 Å². The Bertz CT molecular complexity index is 5090. The van der Waals surface area contributed by atoms with Crippen LogP contribution in [0.4, 0.5) is 0 Å². The quantitative estimate of drug-likeness (QED) is 0.0340. The topological polar surface area (TPSA) is 608 Å². The number of aliphatic hydroxyl groups excluding tert-OH is 2. The predicted molar refractivity (Wildman–Crippen MR) is 484 cm³/mol. The van der Waals surface area contributed by atoms with Crippen molar-refractivity contribution in [3.63, 3.8) is 0 Å². The first kappa shape index (κ1) is 103. The van der Waals surface area contributed by atoms with Crippen molar-refractivity contribution < 1.29 is 102 Å². The number of fused-ring (bicyclic) bond motifs is 4. The Kier molecular flexibility index (Phi) is 38.1. The van der Waals surface area contributed by atoms with Crippen LogP contribution >= 0.6 is 11.8 Å². The number of carbonyl (C=O) groups excluding carboxylic acids is 16. The first-order valence-corrected chi connectivity index (χ1v) is 45.7. The number of phenols is 1. The van der Waals surface area contributed by atoms with Gasteiger partial charge in [0.05, 0.1) is 43.1 Å². The van der Waals surface area contributed by atoms with Crippen molar-refractivity contribution in [2.75, 3.05) is 65.4 Å². The third-order valence-corrected chi connectivity index (χ3v) is 25.3. The number of aromatic amines is 3. The summed E-state index contributed by atoms with van der Waals surface area (Å²) < 4.78 is 0. The number of nitrogens with two attached hydrogens (primary N) is 2. The Morgan fingerprint density at radius 3 is 1.78 bits per heavy atom. The van der Waals surface area contributed by atoms with E-state index in [4.69, 9.17) is 11.5 Å². The van der Waals surface area contributed by atoms with Gasteiger partial charge in [0, 0.05) is 125 Å². The number of aliphatic carboxylic acids is 1. The molecule has 9 rings (SSSR count). The van der Waals surface area contributed by atoms with Gasteiger partial charge in [-0.2, -0.15) is 0 Å². The normalized spacial score (nSPS) is 25.2. The first-order valence-electron chi connectivity index (χ1n) is 44.5. The second kappa shape index (κ2) is 48.9. The molecule has 3 aromatic heterocycles. The van der Waals surface area contributed by atoms with E-state index in [0.29, 0.717) is 64.2 Å². The molecule has 3 aliphatic heterocycles. The van der Waals surface area contributed by atoms with Crippen molar-refractivity contribution in [3.05, 3.63) is 120 Å². The molecular weight excluding hydrogens is 1730 g/mol. The Hall–Kier alpha value is -12.8. The summed E-state index contributed by atoms with van der Waals surface area (Å²) in [6, 6.07) is 0.0939. The van der Waals surface area contributed by atoms with Crippen LogP contribution in [0.2, 0.25) is 0 Å². The minimum atomic E-state index is -1.84. The van der Waals surface area contributed by atoms with Crippen molar-refractivity contribution in [2.24, 2.45) is 23.3 Å². The van der Waals surface area contributed by atoms with Crippen LogP contribution in [-0.2, 0) is 107 Å². The summed E-state index contributed by atoms with van der Waals surface area (Å²) in [5.74, 6) is -19.1. The average Bonchev–Trinajstić information content (AvgIpc) is 1.57. The van der Waals surface area contributed by atoms with Gasteiger partial charge in [-0.25, -0.2) is 4.98 Å². The second-order valence-electron chi connectivity index (χ2n) is 34.2. The lowest BCUT2D eigenvalue weighted by molar-refractivity contribution is -0.149. The van der Waals surface area contributed by atoms with E-state index in [9.17, 15) is 68.4 Å². The lowest BCUT2D eigenvalue weighted by Crippen LogP contribution is -2.61. The summed E-state index contributed by atoms with van der Waals surface area (Å²) in [7, 11) is 3.96. The lowest BCUT2D eigenvalue weighted by Gasteiger charge is -2.36. The van der Waals surface area contributed by atoms with Crippen LogP contribution in [0.3, 0.4) is 0 Å². The summed E-state index contributed by atoms with van der Waals surface area (Å²) in [5.41, 5.74) is 14.5. The van der Waals surface area contributed by atoms with Crippen molar-refractivity contribution in [3.8, 4) is 5.75 Å². The number of hydrogen-bond donors (Lipinski definition) is 18. The second-order valence-corrected chi connectivity index (χ2v) is 35.2. The Morgan fingerprint density at radius 2 is 1.17 bits per heavy atom. The molecule has 3 aromatic carbocycles. The number of carboxylic acids is 1. The molecule has 6 heterocycles. The summed E-state index contributed by atoms with van der Waals surface area (Å²) in [6.07, 6.45) is 2.98. The zero-order chi connectivity index (χ0) is 96.3. The van der Waals surface area contributed by atoms with E-state index in [1.165, 1.54) is 74.7 Å². The minimum Gasteiger partial charge on any atom is -0.508 e. The van der Waals surface area contributed by atoms with Crippen LogP contribution in [0, 0.1) is 11.8 Å². The summed E-state index contributed by atoms with van der Waals surface area (Å²) in [5, 5.41) is 67.7. The Morgan fingerprint density at radius 1 is 0.591 bits per heavy atom. The highest BCUT2D eigenvalue weighted by molar-refractivity contribution is 8.00. The smallest absolute Gasteiger partial charge is 0.303 e. The molecule has 6 aromatic rings. The number of nitrogens with one attached hydrogen (secondary N) is 12. The molecule has 0 radical (unpaired) electrons. The zero-order valence-corrected chi connectivity index (χ0v) is 76.2. The minimum absolute atomic E-state index is 0.0117. The van der Waals surface area contributed by atoms with E-state index in [1.54, 1.807) is 74.8 Å². The Labute approximate surface area is 767 Å². The number of imidazole rings is 1. The van der Waals surface area contributed by atoms with Crippen LogP contribution in [0.15, 0.2) is 97.7 Å². The number of H-pyrrole nitrogens is 3. The summed E-state index contributed by atoms with van der Waals surface area (Å²) in [4.78, 5) is 268. The lowest BCUT2D eigenvalue weighted by atomic mass is 9.89. The van der Waals surface area contributed by atoms with Gasteiger partial charge in [-0.3, -0.25) is 81.5 Å². The fourth-order valence-corrected chi connectivity index (χ4v) is 17.5.